The van der Waals surface area contributed by atoms with Gasteiger partial charge in [0, 0.05) is 12.1 Å². The first-order chi connectivity index (χ1) is 9.40. The van der Waals surface area contributed by atoms with Crippen LogP contribution in [0.4, 0.5) is 4.39 Å². The summed E-state index contributed by atoms with van der Waals surface area (Å²) in [5, 5.41) is 8.90. The van der Waals surface area contributed by atoms with Crippen molar-refractivity contribution in [2.45, 2.75) is 40.2 Å². The Morgan fingerprint density at radius 1 is 1.30 bits per heavy atom. The van der Waals surface area contributed by atoms with E-state index in [1.165, 1.54) is 25.0 Å². The van der Waals surface area contributed by atoms with Crippen LogP contribution in [-0.2, 0) is 6.54 Å². The summed E-state index contributed by atoms with van der Waals surface area (Å²) in [5.41, 5.74) is 1.53. The van der Waals surface area contributed by atoms with Crippen molar-refractivity contribution >= 4 is 0 Å². The van der Waals surface area contributed by atoms with E-state index in [4.69, 9.17) is 5.26 Å². The van der Waals surface area contributed by atoms with Crippen LogP contribution in [0.25, 0.3) is 0 Å². The van der Waals surface area contributed by atoms with Crippen molar-refractivity contribution in [2.75, 3.05) is 13.1 Å². The van der Waals surface area contributed by atoms with Gasteiger partial charge in [-0.2, -0.15) is 5.26 Å². The Morgan fingerprint density at radius 3 is 2.50 bits per heavy atom. The van der Waals surface area contributed by atoms with Crippen molar-refractivity contribution in [3.8, 4) is 6.07 Å². The monoisotopic (exact) mass is 274 g/mol. The Morgan fingerprint density at radius 2 is 1.95 bits per heavy atom. The lowest BCUT2D eigenvalue weighted by Gasteiger charge is -2.38. The van der Waals surface area contributed by atoms with Crippen LogP contribution in [0.5, 0.6) is 0 Å². The van der Waals surface area contributed by atoms with E-state index in [1.54, 1.807) is 6.07 Å². The van der Waals surface area contributed by atoms with Gasteiger partial charge in [-0.3, -0.25) is 4.90 Å². The zero-order chi connectivity index (χ0) is 14.8. The van der Waals surface area contributed by atoms with E-state index in [2.05, 4.69) is 31.7 Å². The van der Waals surface area contributed by atoms with Crippen LogP contribution in [0, 0.1) is 28.5 Å². The summed E-state index contributed by atoms with van der Waals surface area (Å²) in [4.78, 5) is 2.29. The highest BCUT2D eigenvalue weighted by molar-refractivity contribution is 5.33. The number of halogens is 1. The molecule has 0 aromatic heterocycles. The van der Waals surface area contributed by atoms with E-state index in [0.29, 0.717) is 23.1 Å². The predicted molar refractivity (Wildman–Crippen MR) is 78.6 cm³/mol. The molecule has 108 valence electrons. The number of hydrogen-bond acceptors (Lipinski definition) is 2. The average molecular weight is 274 g/mol. The van der Waals surface area contributed by atoms with E-state index in [9.17, 15) is 4.39 Å². The fourth-order valence-corrected chi connectivity index (χ4v) is 2.96. The first-order valence-corrected chi connectivity index (χ1v) is 7.31. The highest BCUT2D eigenvalue weighted by atomic mass is 19.1. The molecule has 1 aromatic carbocycles. The van der Waals surface area contributed by atoms with E-state index in [0.717, 1.165) is 19.0 Å². The van der Waals surface area contributed by atoms with Gasteiger partial charge in [-0.25, -0.2) is 4.39 Å². The molecule has 1 aliphatic heterocycles. The molecule has 0 N–H and O–H groups in total. The maximum absolute atomic E-state index is 13.8. The fourth-order valence-electron chi connectivity index (χ4n) is 2.96. The Labute approximate surface area is 121 Å². The predicted octanol–water partition coefficient (Wildman–Crippen LogP) is 3.96. The van der Waals surface area contributed by atoms with Crippen molar-refractivity contribution in [1.29, 1.82) is 5.26 Å². The van der Waals surface area contributed by atoms with Crippen molar-refractivity contribution in [1.82, 2.24) is 4.90 Å². The number of nitriles is 1. The van der Waals surface area contributed by atoms with E-state index < -0.39 is 0 Å². The van der Waals surface area contributed by atoms with Crippen LogP contribution in [0.15, 0.2) is 18.2 Å². The minimum atomic E-state index is -0.207. The smallest absolute Gasteiger partial charge is 0.127 e. The Hall–Kier alpha value is -1.40. The maximum Gasteiger partial charge on any atom is 0.127 e. The number of rotatable bonds is 2. The van der Waals surface area contributed by atoms with Crippen LogP contribution in [0.1, 0.15) is 44.7 Å². The summed E-state index contributed by atoms with van der Waals surface area (Å²) in [6.45, 7) is 9.52. The number of hydrogen-bond donors (Lipinski definition) is 0. The van der Waals surface area contributed by atoms with E-state index in [-0.39, 0.29) is 5.82 Å². The topological polar surface area (TPSA) is 27.0 Å². The Kier molecular flexibility index (Phi) is 4.45. The lowest BCUT2D eigenvalue weighted by molar-refractivity contribution is 0.107. The Balaban J connectivity index is 1.98. The number of piperidine rings is 1. The second-order valence-corrected chi connectivity index (χ2v) is 6.83. The quantitative estimate of drug-likeness (QED) is 0.816. The van der Waals surface area contributed by atoms with Crippen molar-refractivity contribution in [3.05, 3.63) is 35.1 Å². The van der Waals surface area contributed by atoms with Crippen LogP contribution in [0.3, 0.4) is 0 Å². The lowest BCUT2D eigenvalue weighted by atomic mass is 9.75. The van der Waals surface area contributed by atoms with Gasteiger partial charge in [0.2, 0.25) is 0 Å². The zero-order valence-corrected chi connectivity index (χ0v) is 12.6. The summed E-state index contributed by atoms with van der Waals surface area (Å²) in [6, 6.07) is 6.68. The van der Waals surface area contributed by atoms with Gasteiger partial charge in [-0.15, -0.1) is 0 Å². The molecule has 0 spiro atoms. The normalized spacial score (nSPS) is 17.9. The molecule has 2 nitrogen and oxygen atoms in total. The third-order valence-corrected chi connectivity index (χ3v) is 4.38. The average Bonchev–Trinajstić information content (AvgIpc) is 2.41. The maximum atomic E-state index is 13.8. The molecule has 0 radical (unpaired) electrons. The molecule has 0 aliphatic carbocycles. The van der Waals surface area contributed by atoms with Gasteiger partial charge in [0.1, 0.15) is 5.82 Å². The molecule has 20 heavy (non-hydrogen) atoms. The highest BCUT2D eigenvalue weighted by Gasteiger charge is 2.28. The zero-order valence-electron chi connectivity index (χ0n) is 12.6. The molecule has 1 fully saturated rings. The first kappa shape index (κ1) is 15.0. The van der Waals surface area contributed by atoms with E-state index >= 15 is 0 Å². The summed E-state index contributed by atoms with van der Waals surface area (Å²) < 4.78 is 13.8. The number of likely N-dealkylation sites (tertiary alicyclic amines) is 1. The van der Waals surface area contributed by atoms with Gasteiger partial charge in [-0.05, 0) is 55.5 Å². The highest BCUT2D eigenvalue weighted by Crippen LogP contribution is 2.34. The molecule has 1 heterocycles. The molecule has 0 saturated carbocycles. The molecule has 0 bridgehead atoms. The number of benzene rings is 1. The fraction of sp³-hybridized carbons (Fsp3) is 0.588. The summed E-state index contributed by atoms with van der Waals surface area (Å²) in [5.74, 6) is 0.538. The molecule has 3 heteroatoms. The third-order valence-electron chi connectivity index (χ3n) is 4.38. The second-order valence-electron chi connectivity index (χ2n) is 6.83. The van der Waals surface area contributed by atoms with Gasteiger partial charge >= 0.3 is 0 Å². The number of nitrogens with zero attached hydrogens (tertiary/aromatic N) is 2. The molecule has 2 rings (SSSR count). The SMILES string of the molecule is CC(C)(C)C1CCN(Cc2cc(C#N)ccc2F)CC1. The molecule has 0 atom stereocenters. The molecular weight excluding hydrogens is 251 g/mol. The van der Waals surface area contributed by atoms with Crippen LogP contribution < -0.4 is 0 Å². The summed E-state index contributed by atoms with van der Waals surface area (Å²) >= 11 is 0. The van der Waals surface area contributed by atoms with Crippen molar-refractivity contribution < 1.29 is 4.39 Å². The molecule has 0 amide bonds. The van der Waals surface area contributed by atoms with Gasteiger partial charge in [-0.1, -0.05) is 20.8 Å². The molecule has 1 aliphatic rings. The van der Waals surface area contributed by atoms with Crippen LogP contribution in [0.2, 0.25) is 0 Å². The molecular formula is C17H23FN2. The summed E-state index contributed by atoms with van der Waals surface area (Å²) in [6.07, 6.45) is 2.34. The molecule has 0 unspecified atom stereocenters. The van der Waals surface area contributed by atoms with Crippen LogP contribution >= 0.6 is 0 Å². The van der Waals surface area contributed by atoms with Crippen molar-refractivity contribution in [3.63, 3.8) is 0 Å². The minimum Gasteiger partial charge on any atom is -0.299 e. The molecule has 1 aromatic rings. The lowest BCUT2D eigenvalue weighted by Crippen LogP contribution is -2.37. The van der Waals surface area contributed by atoms with Crippen molar-refractivity contribution in [2.24, 2.45) is 11.3 Å². The largest absolute Gasteiger partial charge is 0.299 e. The Bertz CT molecular complexity index is 503. The van der Waals surface area contributed by atoms with Gasteiger partial charge in [0.15, 0.2) is 0 Å². The van der Waals surface area contributed by atoms with Gasteiger partial charge in [0.05, 0.1) is 11.6 Å². The van der Waals surface area contributed by atoms with Gasteiger partial charge < -0.3 is 0 Å². The third kappa shape index (κ3) is 3.58. The molecule has 1 saturated heterocycles. The van der Waals surface area contributed by atoms with E-state index in [1.807, 2.05) is 0 Å². The second kappa shape index (κ2) is 5.93. The summed E-state index contributed by atoms with van der Waals surface area (Å²) in [7, 11) is 0. The minimum absolute atomic E-state index is 0.207. The standard InChI is InChI=1S/C17H23FN2/c1-17(2,3)15-6-8-20(9-7-15)12-14-10-13(11-19)4-5-16(14)18/h4-5,10,15H,6-9,12H2,1-3H3. The van der Waals surface area contributed by atoms with Gasteiger partial charge in [0.25, 0.3) is 0 Å². The first-order valence-electron chi connectivity index (χ1n) is 7.31. The van der Waals surface area contributed by atoms with Crippen LogP contribution in [-0.4, -0.2) is 18.0 Å².